The van der Waals surface area contributed by atoms with Crippen LogP contribution in [-0.2, 0) is 13.1 Å². The molecule has 1 atom stereocenters. The number of carbonyl (C=O) groups excluding carboxylic acids is 1. The van der Waals surface area contributed by atoms with Gasteiger partial charge in [0.1, 0.15) is 30.3 Å². The molecule has 1 aromatic carbocycles. The highest BCUT2D eigenvalue weighted by molar-refractivity contribution is 6.00. The Morgan fingerprint density at radius 1 is 1.30 bits per heavy atom. The van der Waals surface area contributed by atoms with Gasteiger partial charge in [0.15, 0.2) is 0 Å². The Kier molecular flexibility index (Phi) is 5.55. The van der Waals surface area contributed by atoms with Crippen molar-refractivity contribution >= 4 is 11.6 Å². The fourth-order valence-corrected chi connectivity index (χ4v) is 3.30. The van der Waals surface area contributed by atoms with E-state index >= 15 is 0 Å². The number of nitrogens with one attached hydrogen (secondary N) is 2. The van der Waals surface area contributed by atoms with Gasteiger partial charge in [-0.3, -0.25) is 19.1 Å². The van der Waals surface area contributed by atoms with Gasteiger partial charge in [-0.05, 0) is 18.6 Å². The van der Waals surface area contributed by atoms with Crippen LogP contribution >= 0.6 is 0 Å². The molecular weight excluding hydrogens is 351 g/mol. The van der Waals surface area contributed by atoms with E-state index < -0.39 is 11.2 Å². The predicted octanol–water partition coefficient (Wildman–Crippen LogP) is 0.0981. The predicted molar refractivity (Wildman–Crippen MR) is 99.3 cm³/mol. The first-order valence-electron chi connectivity index (χ1n) is 9.15. The van der Waals surface area contributed by atoms with E-state index in [0.29, 0.717) is 25.6 Å². The SMILES string of the molecule is CCCn1c(N)c(C(=O)C[NH+](Cc2ccc(F)cc2)C2CC2)c(=O)[nH]c1=O. The largest absolute Gasteiger partial charge is 0.384 e. The van der Waals surface area contributed by atoms with Gasteiger partial charge in [0.25, 0.3) is 5.56 Å². The number of carbonyl (C=O) groups is 1. The number of H-pyrrole nitrogens is 1. The van der Waals surface area contributed by atoms with E-state index in [4.69, 9.17) is 5.73 Å². The third kappa shape index (κ3) is 4.33. The van der Waals surface area contributed by atoms with Gasteiger partial charge in [-0.2, -0.15) is 0 Å². The first-order chi connectivity index (χ1) is 12.9. The molecule has 0 aliphatic heterocycles. The Morgan fingerprint density at radius 2 is 1.96 bits per heavy atom. The molecule has 3 rings (SSSR count). The Bertz CT molecular complexity index is 945. The molecule has 0 saturated heterocycles. The number of nitrogen functional groups attached to an aromatic ring is 1. The molecule has 8 heteroatoms. The molecule has 1 heterocycles. The number of quaternary nitrogens is 1. The van der Waals surface area contributed by atoms with Crippen LogP contribution in [0.1, 0.15) is 42.1 Å². The molecule has 1 aliphatic rings. The molecule has 0 spiro atoms. The zero-order valence-corrected chi connectivity index (χ0v) is 15.3. The summed E-state index contributed by atoms with van der Waals surface area (Å²) in [5.74, 6) is -0.768. The van der Waals surface area contributed by atoms with Crippen LogP contribution in [-0.4, -0.2) is 27.9 Å². The minimum Gasteiger partial charge on any atom is -0.384 e. The maximum Gasteiger partial charge on any atom is 0.329 e. The van der Waals surface area contributed by atoms with Crippen molar-refractivity contribution in [3.8, 4) is 0 Å². The average Bonchev–Trinajstić information content (AvgIpc) is 3.45. The van der Waals surface area contributed by atoms with Crippen molar-refractivity contribution in [1.29, 1.82) is 0 Å². The van der Waals surface area contributed by atoms with Crippen molar-refractivity contribution < 1.29 is 14.1 Å². The van der Waals surface area contributed by atoms with Gasteiger partial charge >= 0.3 is 5.69 Å². The summed E-state index contributed by atoms with van der Waals surface area (Å²) in [5.41, 5.74) is 5.40. The average molecular weight is 375 g/mol. The van der Waals surface area contributed by atoms with Crippen LogP contribution < -0.4 is 21.9 Å². The molecular formula is C19H24FN4O3+. The minimum absolute atomic E-state index is 0.0764. The molecule has 0 amide bonds. The molecule has 1 unspecified atom stereocenters. The Morgan fingerprint density at radius 3 is 2.56 bits per heavy atom. The highest BCUT2D eigenvalue weighted by atomic mass is 19.1. The first-order valence-corrected chi connectivity index (χ1v) is 9.15. The second kappa shape index (κ2) is 7.87. The topological polar surface area (TPSA) is 102 Å². The maximum atomic E-state index is 13.1. The van der Waals surface area contributed by atoms with E-state index in [1.54, 1.807) is 12.1 Å². The van der Waals surface area contributed by atoms with Crippen molar-refractivity contribution in [2.24, 2.45) is 0 Å². The standard InChI is InChI=1S/C19H23FN4O3/c1-2-9-24-17(21)16(18(26)22-19(24)27)15(25)11-23(14-7-8-14)10-12-3-5-13(20)6-4-12/h3-6,14H,2,7-11,21H2,1H3,(H,22,26,27)/p+1. The van der Waals surface area contributed by atoms with Crippen LogP contribution in [0, 0.1) is 5.82 Å². The summed E-state index contributed by atoms with van der Waals surface area (Å²) in [6.07, 6.45) is 2.66. The van der Waals surface area contributed by atoms with Crippen LogP contribution in [0.3, 0.4) is 0 Å². The molecule has 0 bridgehead atoms. The number of benzene rings is 1. The molecule has 7 nitrogen and oxygen atoms in total. The number of Topliss-reactive ketones (excluding diaryl/α,β-unsaturated/α-hetero) is 1. The van der Waals surface area contributed by atoms with E-state index in [-0.39, 0.29) is 29.5 Å². The molecule has 1 aliphatic carbocycles. The Labute approximate surface area is 155 Å². The number of nitrogens with zero attached hydrogens (tertiary/aromatic N) is 1. The van der Waals surface area contributed by atoms with E-state index in [2.05, 4.69) is 4.98 Å². The first kappa shape index (κ1) is 19.0. The van der Waals surface area contributed by atoms with E-state index in [9.17, 15) is 18.8 Å². The molecule has 2 aromatic rings. The molecule has 27 heavy (non-hydrogen) atoms. The molecule has 144 valence electrons. The van der Waals surface area contributed by atoms with E-state index in [0.717, 1.165) is 23.3 Å². The summed E-state index contributed by atoms with van der Waals surface area (Å²) in [5, 5.41) is 0. The number of anilines is 1. The monoisotopic (exact) mass is 375 g/mol. The van der Waals surface area contributed by atoms with Crippen LogP contribution in [0.4, 0.5) is 10.2 Å². The summed E-state index contributed by atoms with van der Waals surface area (Å²) >= 11 is 0. The highest BCUT2D eigenvalue weighted by Gasteiger charge is 2.35. The number of hydrogen-bond donors (Lipinski definition) is 3. The summed E-state index contributed by atoms with van der Waals surface area (Å²) in [7, 11) is 0. The van der Waals surface area contributed by atoms with Gasteiger partial charge in [0.2, 0.25) is 5.78 Å². The lowest BCUT2D eigenvalue weighted by Gasteiger charge is -2.19. The molecule has 1 saturated carbocycles. The lowest BCUT2D eigenvalue weighted by atomic mass is 10.1. The number of halogens is 1. The smallest absolute Gasteiger partial charge is 0.329 e. The second-order valence-electron chi connectivity index (χ2n) is 7.01. The molecule has 1 fully saturated rings. The van der Waals surface area contributed by atoms with Crippen molar-refractivity contribution in [1.82, 2.24) is 9.55 Å². The van der Waals surface area contributed by atoms with E-state index in [1.807, 2.05) is 6.92 Å². The number of aromatic nitrogens is 2. The van der Waals surface area contributed by atoms with Crippen molar-refractivity contribution in [2.45, 2.75) is 45.3 Å². The van der Waals surface area contributed by atoms with Gasteiger partial charge < -0.3 is 10.6 Å². The number of aromatic amines is 1. The summed E-state index contributed by atoms with van der Waals surface area (Å²) in [6.45, 7) is 2.86. The van der Waals surface area contributed by atoms with Crippen molar-refractivity contribution in [3.63, 3.8) is 0 Å². The number of rotatable bonds is 8. The molecule has 0 radical (unpaired) electrons. The zero-order chi connectivity index (χ0) is 19.6. The summed E-state index contributed by atoms with van der Waals surface area (Å²) in [6, 6.07) is 6.52. The lowest BCUT2D eigenvalue weighted by molar-refractivity contribution is -0.916. The van der Waals surface area contributed by atoms with E-state index in [1.165, 1.54) is 16.7 Å². The van der Waals surface area contributed by atoms with Crippen LogP contribution in [0.15, 0.2) is 33.9 Å². The van der Waals surface area contributed by atoms with Gasteiger partial charge in [0.05, 0.1) is 6.04 Å². The third-order valence-electron chi connectivity index (χ3n) is 4.85. The Hall–Kier alpha value is -2.74. The number of hydrogen-bond acceptors (Lipinski definition) is 4. The van der Waals surface area contributed by atoms with Crippen LogP contribution in [0.25, 0.3) is 0 Å². The van der Waals surface area contributed by atoms with Gasteiger partial charge in [-0.1, -0.05) is 19.1 Å². The zero-order valence-electron chi connectivity index (χ0n) is 15.3. The fraction of sp³-hybridized carbons (Fsp3) is 0.421. The quantitative estimate of drug-likeness (QED) is 0.570. The summed E-state index contributed by atoms with van der Waals surface area (Å²) in [4.78, 5) is 40.2. The van der Waals surface area contributed by atoms with Crippen LogP contribution in [0.5, 0.6) is 0 Å². The fourth-order valence-electron chi connectivity index (χ4n) is 3.30. The minimum atomic E-state index is -0.744. The van der Waals surface area contributed by atoms with Crippen molar-refractivity contribution in [2.75, 3.05) is 12.3 Å². The number of nitrogens with two attached hydrogens (primary N) is 1. The molecule has 1 aromatic heterocycles. The van der Waals surface area contributed by atoms with Gasteiger partial charge in [-0.15, -0.1) is 0 Å². The maximum absolute atomic E-state index is 13.1. The number of ketones is 1. The van der Waals surface area contributed by atoms with Crippen LogP contribution in [0.2, 0.25) is 0 Å². The third-order valence-corrected chi connectivity index (χ3v) is 4.85. The molecule has 4 N–H and O–H groups in total. The highest BCUT2D eigenvalue weighted by Crippen LogP contribution is 2.16. The van der Waals surface area contributed by atoms with Gasteiger partial charge in [0, 0.05) is 24.9 Å². The normalized spacial score (nSPS) is 14.9. The Balaban J connectivity index is 1.84. The second-order valence-corrected chi connectivity index (χ2v) is 7.01. The summed E-state index contributed by atoms with van der Waals surface area (Å²) < 4.78 is 14.3. The lowest BCUT2D eigenvalue weighted by Crippen LogP contribution is -3.13. The van der Waals surface area contributed by atoms with Gasteiger partial charge in [-0.25, -0.2) is 9.18 Å². The van der Waals surface area contributed by atoms with Crippen molar-refractivity contribution in [3.05, 3.63) is 62.0 Å².